The van der Waals surface area contributed by atoms with E-state index < -0.39 is 0 Å². The van der Waals surface area contributed by atoms with Gasteiger partial charge in [0.2, 0.25) is 0 Å². The molecule has 3 aromatic rings. The third-order valence-corrected chi connectivity index (χ3v) is 3.30. The van der Waals surface area contributed by atoms with Crippen LogP contribution in [0.2, 0.25) is 0 Å². The molecule has 0 fully saturated rings. The molecule has 0 aliphatic carbocycles. The molecule has 0 saturated carbocycles. The number of nitrogen functional groups attached to an aromatic ring is 1. The molecule has 0 radical (unpaired) electrons. The summed E-state index contributed by atoms with van der Waals surface area (Å²) in [6, 6.07) is 22.2. The number of amidine groups is 1. The van der Waals surface area contributed by atoms with Crippen molar-refractivity contribution in [2.45, 2.75) is 0 Å². The number of hydrogen-bond donors (Lipinski definition) is 2. The van der Waals surface area contributed by atoms with E-state index in [0.29, 0.717) is 0 Å². The number of halogens is 1. The van der Waals surface area contributed by atoms with Gasteiger partial charge >= 0.3 is 0 Å². The fourth-order valence-corrected chi connectivity index (χ4v) is 2.41. The zero-order valence-electron chi connectivity index (χ0n) is 10.8. The number of nitrogens with one attached hydrogen (secondary N) is 1. The average Bonchev–Trinajstić information content (AvgIpc) is 2.46. The van der Waals surface area contributed by atoms with E-state index in [1.165, 1.54) is 10.8 Å². The van der Waals surface area contributed by atoms with Gasteiger partial charge in [-0.05, 0) is 21.9 Å². The third kappa shape index (κ3) is 2.38. The molecule has 3 aromatic carbocycles. The van der Waals surface area contributed by atoms with Crippen LogP contribution in [0.25, 0.3) is 21.9 Å². The molecule has 3 rings (SSSR count). The smallest absolute Gasteiger partial charge is 0.123 e. The Morgan fingerprint density at radius 3 is 2.15 bits per heavy atom. The van der Waals surface area contributed by atoms with Crippen LogP contribution in [0.4, 0.5) is 0 Å². The van der Waals surface area contributed by atoms with Gasteiger partial charge in [0.05, 0.1) is 0 Å². The molecule has 0 saturated heterocycles. The van der Waals surface area contributed by atoms with Crippen LogP contribution < -0.4 is 5.73 Å². The number of fused-ring (bicyclic) bond motifs is 1. The Morgan fingerprint density at radius 2 is 1.35 bits per heavy atom. The molecule has 0 atom stereocenters. The lowest BCUT2D eigenvalue weighted by molar-refractivity contribution is 1.42. The van der Waals surface area contributed by atoms with Crippen molar-refractivity contribution < 1.29 is 0 Å². The van der Waals surface area contributed by atoms with Crippen LogP contribution in [-0.2, 0) is 0 Å². The largest absolute Gasteiger partial charge is 0.384 e. The van der Waals surface area contributed by atoms with Crippen LogP contribution in [0, 0.1) is 5.41 Å². The highest BCUT2D eigenvalue weighted by atomic mass is 35.5. The minimum Gasteiger partial charge on any atom is -0.384 e. The Morgan fingerprint density at radius 1 is 0.750 bits per heavy atom. The quantitative estimate of drug-likeness (QED) is 0.537. The predicted molar refractivity (Wildman–Crippen MR) is 87.6 cm³/mol. The van der Waals surface area contributed by atoms with Gasteiger partial charge in [-0.3, -0.25) is 5.41 Å². The van der Waals surface area contributed by atoms with Crippen LogP contribution in [0.1, 0.15) is 5.56 Å². The SMILES string of the molecule is Cl.N=C(N)c1ccccc1-c1cccc2ccccc12. The molecule has 100 valence electrons. The Bertz CT molecular complexity index is 760. The standard InChI is InChI=1S/C17H14N2.ClH/c18-17(19)16-10-4-3-9-15(16)14-11-5-7-12-6-1-2-8-13(12)14;/h1-11H,(H3,18,19);1H. The fraction of sp³-hybridized carbons (Fsp3) is 0. The highest BCUT2D eigenvalue weighted by Crippen LogP contribution is 2.30. The minimum atomic E-state index is 0. The van der Waals surface area contributed by atoms with E-state index in [-0.39, 0.29) is 18.2 Å². The van der Waals surface area contributed by atoms with Crippen molar-refractivity contribution in [3.05, 3.63) is 72.3 Å². The van der Waals surface area contributed by atoms with Crippen LogP contribution in [0.3, 0.4) is 0 Å². The topological polar surface area (TPSA) is 49.9 Å². The fourth-order valence-electron chi connectivity index (χ4n) is 2.41. The van der Waals surface area contributed by atoms with Crippen LogP contribution in [0.5, 0.6) is 0 Å². The normalized spacial score (nSPS) is 10.0. The molecule has 3 N–H and O–H groups in total. The molecule has 0 spiro atoms. The minimum absolute atomic E-state index is 0. The summed E-state index contributed by atoms with van der Waals surface area (Å²) in [5.41, 5.74) is 8.58. The molecule has 20 heavy (non-hydrogen) atoms. The molecular formula is C17H15ClN2. The van der Waals surface area contributed by atoms with Crippen molar-refractivity contribution in [1.82, 2.24) is 0 Å². The Labute approximate surface area is 124 Å². The zero-order chi connectivity index (χ0) is 13.2. The summed E-state index contributed by atoms with van der Waals surface area (Å²) in [5.74, 6) is 0.100. The van der Waals surface area contributed by atoms with Crippen molar-refractivity contribution >= 4 is 29.0 Å². The lowest BCUT2D eigenvalue weighted by Gasteiger charge is -2.11. The maximum atomic E-state index is 7.71. The first-order chi connectivity index (χ1) is 9.27. The third-order valence-electron chi connectivity index (χ3n) is 3.30. The molecule has 2 nitrogen and oxygen atoms in total. The van der Waals surface area contributed by atoms with E-state index in [9.17, 15) is 0 Å². The second kappa shape index (κ2) is 5.76. The van der Waals surface area contributed by atoms with E-state index in [4.69, 9.17) is 11.1 Å². The van der Waals surface area contributed by atoms with Gasteiger partial charge in [0.1, 0.15) is 5.84 Å². The predicted octanol–water partition coefficient (Wildman–Crippen LogP) is 4.21. The summed E-state index contributed by atoms with van der Waals surface area (Å²) < 4.78 is 0. The van der Waals surface area contributed by atoms with Gasteiger partial charge in [-0.2, -0.15) is 0 Å². The van der Waals surface area contributed by atoms with Crippen molar-refractivity contribution in [1.29, 1.82) is 5.41 Å². The monoisotopic (exact) mass is 282 g/mol. The first-order valence-electron chi connectivity index (χ1n) is 6.19. The van der Waals surface area contributed by atoms with E-state index in [2.05, 4.69) is 24.3 Å². The highest BCUT2D eigenvalue weighted by molar-refractivity contribution is 6.06. The molecule has 0 amide bonds. The average molecular weight is 283 g/mol. The van der Waals surface area contributed by atoms with Crippen molar-refractivity contribution in [3.8, 4) is 11.1 Å². The van der Waals surface area contributed by atoms with E-state index in [1.54, 1.807) is 0 Å². The second-order valence-electron chi connectivity index (χ2n) is 4.49. The summed E-state index contributed by atoms with van der Waals surface area (Å²) in [4.78, 5) is 0. The van der Waals surface area contributed by atoms with E-state index >= 15 is 0 Å². The number of benzene rings is 3. The van der Waals surface area contributed by atoms with Gasteiger partial charge < -0.3 is 5.73 Å². The zero-order valence-corrected chi connectivity index (χ0v) is 11.7. The van der Waals surface area contributed by atoms with Gasteiger partial charge in [0, 0.05) is 5.56 Å². The Hall–Kier alpha value is -2.32. The van der Waals surface area contributed by atoms with Gasteiger partial charge in [0.15, 0.2) is 0 Å². The lowest BCUT2D eigenvalue weighted by Crippen LogP contribution is -2.12. The molecule has 0 aromatic heterocycles. The number of nitrogens with two attached hydrogens (primary N) is 1. The Kier molecular flexibility index (Phi) is 4.06. The van der Waals surface area contributed by atoms with Gasteiger partial charge in [-0.15, -0.1) is 12.4 Å². The molecule has 3 heteroatoms. The molecule has 0 unspecified atom stereocenters. The first kappa shape index (κ1) is 14.1. The highest BCUT2D eigenvalue weighted by Gasteiger charge is 2.09. The summed E-state index contributed by atoms with van der Waals surface area (Å²) in [6.07, 6.45) is 0. The number of rotatable bonds is 2. The summed E-state index contributed by atoms with van der Waals surface area (Å²) in [6.45, 7) is 0. The molecular weight excluding hydrogens is 268 g/mol. The molecule has 0 bridgehead atoms. The number of hydrogen-bond acceptors (Lipinski definition) is 1. The maximum Gasteiger partial charge on any atom is 0.123 e. The first-order valence-corrected chi connectivity index (χ1v) is 6.19. The van der Waals surface area contributed by atoms with Crippen molar-refractivity contribution in [2.24, 2.45) is 5.73 Å². The molecule has 0 heterocycles. The van der Waals surface area contributed by atoms with Crippen molar-refractivity contribution in [2.75, 3.05) is 0 Å². The van der Waals surface area contributed by atoms with Gasteiger partial charge in [0.25, 0.3) is 0 Å². The molecule has 0 aliphatic heterocycles. The lowest BCUT2D eigenvalue weighted by atomic mass is 9.94. The van der Waals surface area contributed by atoms with Crippen LogP contribution in [-0.4, -0.2) is 5.84 Å². The van der Waals surface area contributed by atoms with Crippen molar-refractivity contribution in [3.63, 3.8) is 0 Å². The van der Waals surface area contributed by atoms with Crippen LogP contribution in [0.15, 0.2) is 66.7 Å². The Balaban J connectivity index is 0.00000147. The van der Waals surface area contributed by atoms with E-state index in [0.717, 1.165) is 16.7 Å². The summed E-state index contributed by atoms with van der Waals surface area (Å²) in [5, 5.41) is 10.1. The van der Waals surface area contributed by atoms with Gasteiger partial charge in [-0.25, -0.2) is 0 Å². The van der Waals surface area contributed by atoms with E-state index in [1.807, 2.05) is 42.5 Å². The van der Waals surface area contributed by atoms with Gasteiger partial charge in [-0.1, -0.05) is 66.7 Å². The maximum absolute atomic E-state index is 7.71. The summed E-state index contributed by atoms with van der Waals surface area (Å²) >= 11 is 0. The molecule has 0 aliphatic rings. The summed E-state index contributed by atoms with van der Waals surface area (Å²) in [7, 11) is 0. The second-order valence-corrected chi connectivity index (χ2v) is 4.49. The van der Waals surface area contributed by atoms with Crippen LogP contribution >= 0.6 is 12.4 Å².